The fourth-order valence-electron chi connectivity index (χ4n) is 4.42. The maximum absolute atomic E-state index is 14.1. The van der Waals surface area contributed by atoms with Crippen LogP contribution in [0.5, 0.6) is 0 Å². The monoisotopic (exact) mass is 569 g/mol. The molecule has 37 heavy (non-hydrogen) atoms. The van der Waals surface area contributed by atoms with Gasteiger partial charge in [0.15, 0.2) is 0 Å². The Morgan fingerprint density at radius 1 is 0.919 bits per heavy atom. The molecular formula is C29H27BrF3N3O. The molecule has 1 unspecified atom stereocenters. The van der Waals surface area contributed by atoms with Crippen molar-refractivity contribution in [2.45, 2.75) is 18.6 Å². The van der Waals surface area contributed by atoms with Gasteiger partial charge in [-0.15, -0.1) is 0 Å². The van der Waals surface area contributed by atoms with E-state index in [0.717, 1.165) is 16.1 Å². The highest BCUT2D eigenvalue weighted by Crippen LogP contribution is 2.39. The van der Waals surface area contributed by atoms with Gasteiger partial charge < -0.3 is 14.8 Å². The van der Waals surface area contributed by atoms with E-state index in [4.69, 9.17) is 0 Å². The first-order valence-electron chi connectivity index (χ1n) is 11.8. The number of carbonyl (C=O) groups excluding carboxylic acids is 1. The summed E-state index contributed by atoms with van der Waals surface area (Å²) >= 11 is 3.43. The smallest absolute Gasteiger partial charge is 0.352 e. The summed E-state index contributed by atoms with van der Waals surface area (Å²) in [5.74, 6) is -0.188. The standard InChI is InChI=1S/C29H27BrF3N3O/c1-35(2)26(18-19-34-28(37)21-8-4-3-5-9-21)27-17-16-24(20-12-14-22(30)15-13-20)36(27)25-11-7-6-10-23(25)29(31,32)33/h3-17,26H,18-19H2,1-2H3,(H,34,37). The molecule has 1 atom stereocenters. The molecule has 4 aromatic rings. The molecule has 0 aliphatic heterocycles. The highest BCUT2D eigenvalue weighted by atomic mass is 79.9. The third-order valence-electron chi connectivity index (χ3n) is 6.21. The lowest BCUT2D eigenvalue weighted by molar-refractivity contribution is -0.137. The Labute approximate surface area is 222 Å². The molecule has 0 radical (unpaired) electrons. The minimum absolute atomic E-state index is 0.0630. The first-order valence-corrected chi connectivity index (χ1v) is 12.6. The minimum Gasteiger partial charge on any atom is -0.352 e. The maximum Gasteiger partial charge on any atom is 0.418 e. The second-order valence-electron chi connectivity index (χ2n) is 8.89. The predicted molar refractivity (Wildman–Crippen MR) is 144 cm³/mol. The van der Waals surface area contributed by atoms with Crippen LogP contribution in [0, 0.1) is 0 Å². The van der Waals surface area contributed by atoms with E-state index in [-0.39, 0.29) is 17.6 Å². The SMILES string of the molecule is CN(C)C(CCNC(=O)c1ccccc1)c1ccc(-c2ccc(Br)cc2)n1-c1ccccc1C(F)(F)F. The van der Waals surface area contributed by atoms with Crippen LogP contribution in [0.15, 0.2) is 95.5 Å². The number of hydrogen-bond acceptors (Lipinski definition) is 2. The van der Waals surface area contributed by atoms with Crippen molar-refractivity contribution in [2.24, 2.45) is 0 Å². The third-order valence-corrected chi connectivity index (χ3v) is 6.73. The Morgan fingerprint density at radius 3 is 2.22 bits per heavy atom. The molecule has 1 aromatic heterocycles. The van der Waals surface area contributed by atoms with Crippen molar-refractivity contribution in [1.82, 2.24) is 14.8 Å². The number of para-hydroxylation sites is 1. The van der Waals surface area contributed by atoms with Crippen LogP contribution in [0.2, 0.25) is 0 Å². The van der Waals surface area contributed by atoms with E-state index >= 15 is 0 Å². The molecule has 4 nitrogen and oxygen atoms in total. The molecule has 0 spiro atoms. The number of amides is 1. The lowest BCUT2D eigenvalue weighted by Gasteiger charge is -2.28. The normalized spacial score (nSPS) is 12.5. The number of halogens is 4. The Morgan fingerprint density at radius 2 is 1.57 bits per heavy atom. The molecule has 0 fully saturated rings. The van der Waals surface area contributed by atoms with Gasteiger partial charge in [0.2, 0.25) is 0 Å². The largest absolute Gasteiger partial charge is 0.418 e. The van der Waals surface area contributed by atoms with E-state index in [1.54, 1.807) is 34.9 Å². The fourth-order valence-corrected chi connectivity index (χ4v) is 4.68. The summed E-state index contributed by atoms with van der Waals surface area (Å²) < 4.78 is 44.9. The van der Waals surface area contributed by atoms with Crippen LogP contribution in [-0.4, -0.2) is 36.0 Å². The Balaban J connectivity index is 1.75. The van der Waals surface area contributed by atoms with Gasteiger partial charge in [0.05, 0.1) is 23.0 Å². The zero-order chi connectivity index (χ0) is 26.6. The summed E-state index contributed by atoms with van der Waals surface area (Å²) in [6, 6.07) is 25.5. The van der Waals surface area contributed by atoms with Gasteiger partial charge in [-0.3, -0.25) is 4.79 Å². The number of alkyl halides is 3. The van der Waals surface area contributed by atoms with Gasteiger partial charge in [-0.1, -0.05) is 58.4 Å². The Bertz CT molecular complexity index is 1350. The molecular weight excluding hydrogens is 543 g/mol. The molecule has 8 heteroatoms. The fraction of sp³-hybridized carbons (Fsp3) is 0.207. The second kappa shape index (κ2) is 11.4. The van der Waals surface area contributed by atoms with Gasteiger partial charge >= 0.3 is 6.18 Å². The van der Waals surface area contributed by atoms with Gasteiger partial charge in [0, 0.05) is 22.3 Å². The summed E-state index contributed by atoms with van der Waals surface area (Å²) in [6.07, 6.45) is -4.02. The van der Waals surface area contributed by atoms with Crippen LogP contribution in [-0.2, 0) is 6.18 Å². The van der Waals surface area contributed by atoms with Gasteiger partial charge in [-0.05, 0) is 74.6 Å². The van der Waals surface area contributed by atoms with Crippen molar-refractivity contribution in [3.8, 4) is 16.9 Å². The van der Waals surface area contributed by atoms with E-state index in [9.17, 15) is 18.0 Å². The number of nitrogens with one attached hydrogen (secondary N) is 1. The number of hydrogen-bond donors (Lipinski definition) is 1. The van der Waals surface area contributed by atoms with Gasteiger partial charge in [-0.2, -0.15) is 13.2 Å². The predicted octanol–water partition coefficient (Wildman–Crippen LogP) is 7.35. The summed E-state index contributed by atoms with van der Waals surface area (Å²) in [4.78, 5) is 14.5. The van der Waals surface area contributed by atoms with Crippen molar-refractivity contribution in [3.63, 3.8) is 0 Å². The van der Waals surface area contributed by atoms with Crippen molar-refractivity contribution in [2.75, 3.05) is 20.6 Å². The average Bonchev–Trinajstić information content (AvgIpc) is 3.31. The summed E-state index contributed by atoms with van der Waals surface area (Å²) in [5.41, 5.74) is 2.06. The average molecular weight is 570 g/mol. The summed E-state index contributed by atoms with van der Waals surface area (Å²) in [7, 11) is 3.77. The molecule has 4 rings (SSSR count). The van der Waals surface area contributed by atoms with Crippen molar-refractivity contribution >= 4 is 21.8 Å². The van der Waals surface area contributed by atoms with Crippen LogP contribution >= 0.6 is 15.9 Å². The van der Waals surface area contributed by atoms with E-state index in [2.05, 4.69) is 21.2 Å². The lowest BCUT2D eigenvalue weighted by Crippen LogP contribution is -2.30. The molecule has 0 saturated carbocycles. The lowest BCUT2D eigenvalue weighted by atomic mass is 10.1. The first-order chi connectivity index (χ1) is 17.7. The highest BCUT2D eigenvalue weighted by molar-refractivity contribution is 9.10. The molecule has 1 amide bonds. The van der Waals surface area contributed by atoms with E-state index < -0.39 is 11.7 Å². The third kappa shape index (κ3) is 6.14. The van der Waals surface area contributed by atoms with Crippen molar-refractivity contribution < 1.29 is 18.0 Å². The van der Waals surface area contributed by atoms with Crippen molar-refractivity contribution in [3.05, 3.63) is 112 Å². The topological polar surface area (TPSA) is 37.3 Å². The summed E-state index contributed by atoms with van der Waals surface area (Å²) in [6.45, 7) is 0.357. The molecule has 1 heterocycles. The highest BCUT2D eigenvalue weighted by Gasteiger charge is 2.35. The molecule has 192 valence electrons. The molecule has 0 saturated heterocycles. The molecule has 0 bridgehead atoms. The quantitative estimate of drug-likeness (QED) is 0.241. The van der Waals surface area contributed by atoms with Crippen LogP contribution in [0.3, 0.4) is 0 Å². The van der Waals surface area contributed by atoms with E-state index in [1.165, 1.54) is 12.1 Å². The Kier molecular flexibility index (Phi) is 8.19. The number of nitrogens with zero attached hydrogens (tertiary/aromatic N) is 2. The maximum atomic E-state index is 14.1. The number of carbonyl (C=O) groups is 1. The van der Waals surface area contributed by atoms with Crippen LogP contribution in [0.25, 0.3) is 16.9 Å². The minimum atomic E-state index is -4.52. The second-order valence-corrected chi connectivity index (χ2v) is 9.81. The number of aromatic nitrogens is 1. The zero-order valence-corrected chi connectivity index (χ0v) is 22.1. The van der Waals surface area contributed by atoms with E-state index in [1.807, 2.05) is 61.5 Å². The molecule has 0 aliphatic carbocycles. The first kappa shape index (κ1) is 26.7. The molecule has 0 aliphatic rings. The molecule has 1 N–H and O–H groups in total. The number of rotatable bonds is 8. The van der Waals surface area contributed by atoms with Gasteiger partial charge in [0.25, 0.3) is 5.91 Å². The van der Waals surface area contributed by atoms with Crippen LogP contribution in [0.4, 0.5) is 13.2 Å². The van der Waals surface area contributed by atoms with Gasteiger partial charge in [0.1, 0.15) is 0 Å². The van der Waals surface area contributed by atoms with Gasteiger partial charge in [-0.25, -0.2) is 0 Å². The van der Waals surface area contributed by atoms with E-state index in [0.29, 0.717) is 29.9 Å². The van der Waals surface area contributed by atoms with Crippen LogP contribution in [0.1, 0.15) is 34.1 Å². The molecule has 3 aromatic carbocycles. The zero-order valence-electron chi connectivity index (χ0n) is 20.5. The Hall–Kier alpha value is -3.36. The van der Waals surface area contributed by atoms with Crippen LogP contribution < -0.4 is 5.32 Å². The number of benzene rings is 3. The summed E-state index contributed by atoms with van der Waals surface area (Å²) in [5, 5.41) is 2.93. The van der Waals surface area contributed by atoms with Crippen molar-refractivity contribution in [1.29, 1.82) is 0 Å².